The summed E-state index contributed by atoms with van der Waals surface area (Å²) in [4.78, 5) is 10.7. The monoisotopic (exact) mass is 346 g/mol. The Hall–Kier alpha value is -1.72. The molecule has 0 bridgehead atoms. The van der Waals surface area contributed by atoms with E-state index in [0.29, 0.717) is 24.3 Å². The van der Waals surface area contributed by atoms with Crippen molar-refractivity contribution in [2.24, 2.45) is 0 Å². The van der Waals surface area contributed by atoms with E-state index in [-0.39, 0.29) is 12.8 Å². The second-order valence-electron chi connectivity index (χ2n) is 5.91. The Morgan fingerprint density at radius 2 is 1.62 bits per heavy atom. The van der Waals surface area contributed by atoms with Gasteiger partial charge < -0.3 is 9.84 Å². The van der Waals surface area contributed by atoms with Crippen molar-refractivity contribution < 1.29 is 27.8 Å². The Kier molecular flexibility index (Phi) is 9.27. The van der Waals surface area contributed by atoms with E-state index in [0.717, 1.165) is 32.1 Å². The maximum Gasteiger partial charge on any atom is 0.389 e. The highest BCUT2D eigenvalue weighted by molar-refractivity contribution is 5.70. The van der Waals surface area contributed by atoms with Crippen LogP contribution in [0, 0.1) is 0 Å². The van der Waals surface area contributed by atoms with Crippen molar-refractivity contribution in [1.82, 2.24) is 0 Å². The molecule has 1 rings (SSSR count). The summed E-state index contributed by atoms with van der Waals surface area (Å²) in [5, 5.41) is 8.75. The number of carboxylic acid groups (broad SMARTS) is 1. The summed E-state index contributed by atoms with van der Waals surface area (Å²) in [6.07, 6.45) is 0.770. The Labute approximate surface area is 140 Å². The molecule has 0 amide bonds. The molecule has 136 valence electrons. The number of aliphatic carboxylic acids is 1. The molecule has 1 aromatic rings. The molecule has 0 aliphatic rings. The molecule has 0 aliphatic carbocycles. The van der Waals surface area contributed by atoms with Crippen LogP contribution >= 0.6 is 0 Å². The minimum atomic E-state index is -4.03. The number of benzene rings is 1. The number of hydrogen-bond donors (Lipinski definition) is 1. The average Bonchev–Trinajstić information content (AvgIpc) is 2.48. The first-order chi connectivity index (χ1) is 11.4. The van der Waals surface area contributed by atoms with Crippen molar-refractivity contribution in [3.05, 3.63) is 29.8 Å². The highest BCUT2D eigenvalue weighted by Crippen LogP contribution is 2.23. The summed E-state index contributed by atoms with van der Waals surface area (Å²) < 4.78 is 41.5. The molecule has 0 saturated heterocycles. The first-order valence-corrected chi connectivity index (χ1v) is 8.37. The fourth-order valence-corrected chi connectivity index (χ4v) is 2.42. The summed E-state index contributed by atoms with van der Waals surface area (Å²) in [5.74, 6) is -0.205. The Bertz CT molecular complexity index is 487. The van der Waals surface area contributed by atoms with Gasteiger partial charge in [0.05, 0.1) is 13.0 Å². The van der Waals surface area contributed by atoms with Gasteiger partial charge in [-0.2, -0.15) is 13.2 Å². The van der Waals surface area contributed by atoms with Gasteiger partial charge >= 0.3 is 12.1 Å². The Morgan fingerprint density at radius 3 is 2.25 bits per heavy atom. The quantitative estimate of drug-likeness (QED) is 0.517. The lowest BCUT2D eigenvalue weighted by Gasteiger charge is -2.08. The van der Waals surface area contributed by atoms with Gasteiger partial charge in [-0.25, -0.2) is 0 Å². The topological polar surface area (TPSA) is 46.5 Å². The van der Waals surface area contributed by atoms with Gasteiger partial charge in [0.15, 0.2) is 0 Å². The molecule has 24 heavy (non-hydrogen) atoms. The van der Waals surface area contributed by atoms with Crippen LogP contribution < -0.4 is 4.74 Å². The minimum Gasteiger partial charge on any atom is -0.494 e. The van der Waals surface area contributed by atoms with E-state index in [4.69, 9.17) is 9.84 Å². The minimum absolute atomic E-state index is 0.0223. The van der Waals surface area contributed by atoms with Crippen molar-refractivity contribution in [1.29, 1.82) is 0 Å². The average molecular weight is 346 g/mol. The zero-order chi connectivity index (χ0) is 17.8. The van der Waals surface area contributed by atoms with Gasteiger partial charge in [-0.3, -0.25) is 4.79 Å². The molecule has 0 radical (unpaired) electrons. The molecule has 6 heteroatoms. The van der Waals surface area contributed by atoms with E-state index >= 15 is 0 Å². The van der Waals surface area contributed by atoms with Crippen molar-refractivity contribution in [2.75, 3.05) is 6.61 Å². The Morgan fingerprint density at radius 1 is 1.00 bits per heavy atom. The third-order valence-corrected chi connectivity index (χ3v) is 3.63. The zero-order valence-corrected chi connectivity index (χ0v) is 13.8. The predicted molar refractivity (Wildman–Crippen MR) is 86.3 cm³/mol. The highest BCUT2D eigenvalue weighted by Gasteiger charge is 2.25. The number of alkyl halides is 3. The lowest BCUT2D eigenvalue weighted by atomic mass is 10.1. The standard InChI is InChI=1S/C18H25F3O3/c19-18(20,21)11-6-4-2-1-3-5-7-12-24-16-10-8-9-15(13-16)14-17(22)23/h8-10,13H,1-7,11-12,14H2,(H,22,23). The molecule has 1 N–H and O–H groups in total. The lowest BCUT2D eigenvalue weighted by molar-refractivity contribution is -0.136. The van der Waals surface area contributed by atoms with Gasteiger partial charge in [-0.15, -0.1) is 0 Å². The molecule has 0 heterocycles. The maximum absolute atomic E-state index is 12.0. The molecule has 0 unspecified atom stereocenters. The number of hydrogen-bond acceptors (Lipinski definition) is 2. The largest absolute Gasteiger partial charge is 0.494 e. The molecule has 0 spiro atoms. The number of carboxylic acids is 1. The summed E-state index contributed by atoms with van der Waals surface area (Å²) in [7, 11) is 0. The fraction of sp³-hybridized carbons (Fsp3) is 0.611. The van der Waals surface area contributed by atoms with Crippen LogP contribution in [0.4, 0.5) is 13.2 Å². The van der Waals surface area contributed by atoms with Gasteiger partial charge in [0.2, 0.25) is 0 Å². The van der Waals surface area contributed by atoms with Crippen LogP contribution in [0.2, 0.25) is 0 Å². The summed E-state index contributed by atoms with van der Waals surface area (Å²) in [6, 6.07) is 7.05. The smallest absolute Gasteiger partial charge is 0.389 e. The van der Waals surface area contributed by atoms with Gasteiger partial charge in [0.1, 0.15) is 5.75 Å². The van der Waals surface area contributed by atoms with Crippen LogP contribution in [0.15, 0.2) is 24.3 Å². The van der Waals surface area contributed by atoms with E-state index < -0.39 is 18.6 Å². The van der Waals surface area contributed by atoms with Crippen molar-refractivity contribution in [2.45, 2.75) is 64.0 Å². The number of carbonyl (C=O) groups is 1. The first kappa shape index (κ1) is 20.3. The maximum atomic E-state index is 12.0. The van der Waals surface area contributed by atoms with Crippen molar-refractivity contribution >= 4 is 5.97 Å². The molecular formula is C18H25F3O3. The zero-order valence-electron chi connectivity index (χ0n) is 13.8. The lowest BCUT2D eigenvalue weighted by Crippen LogP contribution is -2.06. The molecular weight excluding hydrogens is 321 g/mol. The van der Waals surface area contributed by atoms with Crippen LogP contribution in [0.1, 0.15) is 56.9 Å². The normalized spacial score (nSPS) is 11.5. The second kappa shape index (κ2) is 10.9. The van der Waals surface area contributed by atoms with Gasteiger partial charge in [-0.05, 0) is 30.5 Å². The van der Waals surface area contributed by atoms with Crippen molar-refractivity contribution in [3.63, 3.8) is 0 Å². The molecule has 0 aromatic heterocycles. The van der Waals surface area contributed by atoms with Gasteiger partial charge in [0, 0.05) is 6.42 Å². The van der Waals surface area contributed by atoms with E-state index in [9.17, 15) is 18.0 Å². The summed E-state index contributed by atoms with van der Waals surface area (Å²) >= 11 is 0. The van der Waals surface area contributed by atoms with Crippen LogP contribution in [0.5, 0.6) is 5.75 Å². The van der Waals surface area contributed by atoms with E-state index in [1.807, 2.05) is 0 Å². The number of ether oxygens (including phenoxy) is 1. The van der Waals surface area contributed by atoms with Gasteiger partial charge in [0.25, 0.3) is 0 Å². The van der Waals surface area contributed by atoms with Crippen molar-refractivity contribution in [3.8, 4) is 5.75 Å². The van der Waals surface area contributed by atoms with Gasteiger partial charge in [-0.1, -0.05) is 44.2 Å². The molecule has 0 aliphatic heterocycles. The Balaban J connectivity index is 2.01. The predicted octanol–water partition coefficient (Wildman–Crippen LogP) is 5.38. The molecule has 0 saturated carbocycles. The first-order valence-electron chi connectivity index (χ1n) is 8.37. The van der Waals surface area contributed by atoms with Crippen LogP contribution in [0.3, 0.4) is 0 Å². The molecule has 3 nitrogen and oxygen atoms in total. The number of unbranched alkanes of at least 4 members (excludes halogenated alkanes) is 6. The summed E-state index contributed by atoms with van der Waals surface area (Å²) in [6.45, 7) is 0.560. The highest BCUT2D eigenvalue weighted by atomic mass is 19.4. The molecule has 0 fully saturated rings. The summed E-state index contributed by atoms with van der Waals surface area (Å²) in [5.41, 5.74) is 0.707. The molecule has 0 atom stereocenters. The second-order valence-corrected chi connectivity index (χ2v) is 5.91. The third-order valence-electron chi connectivity index (χ3n) is 3.63. The van der Waals surface area contributed by atoms with Crippen LogP contribution in [-0.4, -0.2) is 23.9 Å². The van der Waals surface area contributed by atoms with E-state index in [2.05, 4.69) is 0 Å². The fourth-order valence-electron chi connectivity index (χ4n) is 2.42. The number of rotatable bonds is 12. The number of halogens is 3. The van der Waals surface area contributed by atoms with Crippen LogP contribution in [0.25, 0.3) is 0 Å². The van der Waals surface area contributed by atoms with Crippen LogP contribution in [-0.2, 0) is 11.2 Å². The van der Waals surface area contributed by atoms with E-state index in [1.54, 1.807) is 24.3 Å². The SMILES string of the molecule is O=C(O)Cc1cccc(OCCCCCCCCCC(F)(F)F)c1. The third kappa shape index (κ3) is 10.9. The van der Waals surface area contributed by atoms with E-state index in [1.165, 1.54) is 0 Å². The molecule has 1 aromatic carbocycles.